The van der Waals surface area contributed by atoms with Crippen molar-refractivity contribution in [1.82, 2.24) is 5.32 Å². The minimum absolute atomic E-state index is 0.117. The molecule has 4 N–H and O–H groups in total. The highest BCUT2D eigenvalue weighted by Crippen LogP contribution is 2.24. The van der Waals surface area contributed by atoms with Gasteiger partial charge >= 0.3 is 0 Å². The minimum atomic E-state index is 0.117. The summed E-state index contributed by atoms with van der Waals surface area (Å²) in [5.74, 6) is 0.645. The van der Waals surface area contributed by atoms with E-state index in [2.05, 4.69) is 17.4 Å². The Labute approximate surface area is 103 Å². The van der Waals surface area contributed by atoms with Gasteiger partial charge in [0.1, 0.15) is 0 Å². The van der Waals surface area contributed by atoms with E-state index in [1.54, 1.807) is 0 Å². The molecule has 0 bridgehead atoms. The fraction of sp³-hybridized carbons (Fsp3) is 0.571. The van der Waals surface area contributed by atoms with Gasteiger partial charge in [-0.25, -0.2) is 0 Å². The van der Waals surface area contributed by atoms with Crippen molar-refractivity contribution in [2.75, 3.05) is 6.54 Å². The van der Waals surface area contributed by atoms with Gasteiger partial charge < -0.3 is 16.2 Å². The van der Waals surface area contributed by atoms with E-state index in [0.29, 0.717) is 12.0 Å². The molecule has 0 heterocycles. The second-order valence-corrected chi connectivity index (χ2v) is 4.89. The molecular weight excluding hydrogens is 212 g/mol. The molecule has 1 fully saturated rings. The zero-order chi connectivity index (χ0) is 12.1. The number of nitrogens with one attached hydrogen (secondary N) is 1. The van der Waals surface area contributed by atoms with Gasteiger partial charge in [-0.3, -0.25) is 0 Å². The Hall–Kier alpha value is -0.900. The van der Waals surface area contributed by atoms with Gasteiger partial charge in [-0.15, -0.1) is 0 Å². The van der Waals surface area contributed by atoms with Crippen molar-refractivity contribution in [3.8, 4) is 0 Å². The van der Waals surface area contributed by atoms with E-state index < -0.39 is 0 Å². The van der Waals surface area contributed by atoms with Gasteiger partial charge in [0.2, 0.25) is 0 Å². The highest BCUT2D eigenvalue weighted by molar-refractivity contribution is 5.21. The zero-order valence-electron chi connectivity index (χ0n) is 10.2. The van der Waals surface area contributed by atoms with Crippen LogP contribution in [-0.4, -0.2) is 17.7 Å². The molecule has 94 valence electrons. The normalized spacial score (nSPS) is 24.1. The smallest absolute Gasteiger partial charge is 0.0681 e. The van der Waals surface area contributed by atoms with Crippen LogP contribution in [0, 0.1) is 5.92 Å². The van der Waals surface area contributed by atoms with E-state index in [1.165, 1.54) is 24.8 Å². The molecule has 0 aromatic heterocycles. The highest BCUT2D eigenvalue weighted by atomic mass is 16.3. The topological polar surface area (TPSA) is 58.3 Å². The quantitative estimate of drug-likeness (QED) is 0.721. The van der Waals surface area contributed by atoms with Crippen molar-refractivity contribution >= 4 is 0 Å². The number of hydrogen-bond acceptors (Lipinski definition) is 3. The fourth-order valence-electron chi connectivity index (χ4n) is 2.60. The standard InChI is InChI=1S/C14H22N2O/c15-8-13-2-1-3-14(13)16-9-11-4-6-12(10-17)7-5-11/h4-7,13-14,16-17H,1-3,8-10,15H2. The van der Waals surface area contributed by atoms with Gasteiger partial charge in [0.05, 0.1) is 6.61 Å². The lowest BCUT2D eigenvalue weighted by molar-refractivity contribution is 0.282. The Bertz CT molecular complexity index is 337. The SMILES string of the molecule is NCC1CCCC1NCc1ccc(CO)cc1. The molecule has 2 rings (SSSR count). The van der Waals surface area contributed by atoms with E-state index >= 15 is 0 Å². The average Bonchev–Trinajstić information content (AvgIpc) is 2.84. The van der Waals surface area contributed by atoms with E-state index in [-0.39, 0.29) is 6.61 Å². The van der Waals surface area contributed by atoms with Crippen molar-refractivity contribution in [3.05, 3.63) is 35.4 Å². The first-order chi connectivity index (χ1) is 8.33. The van der Waals surface area contributed by atoms with Crippen molar-refractivity contribution in [1.29, 1.82) is 0 Å². The molecule has 1 aliphatic carbocycles. The van der Waals surface area contributed by atoms with Crippen molar-refractivity contribution in [2.45, 2.75) is 38.5 Å². The third-order valence-electron chi connectivity index (χ3n) is 3.74. The van der Waals surface area contributed by atoms with Crippen molar-refractivity contribution in [2.24, 2.45) is 11.7 Å². The van der Waals surface area contributed by atoms with E-state index in [0.717, 1.165) is 18.7 Å². The Morgan fingerprint density at radius 3 is 2.53 bits per heavy atom. The molecule has 3 heteroatoms. The number of aliphatic hydroxyl groups excluding tert-OH is 1. The van der Waals surface area contributed by atoms with Crippen molar-refractivity contribution < 1.29 is 5.11 Å². The van der Waals surface area contributed by atoms with Crippen LogP contribution in [0.15, 0.2) is 24.3 Å². The van der Waals surface area contributed by atoms with Crippen LogP contribution in [0.3, 0.4) is 0 Å². The summed E-state index contributed by atoms with van der Waals surface area (Å²) in [4.78, 5) is 0. The third-order valence-corrected chi connectivity index (χ3v) is 3.74. The van der Waals surface area contributed by atoms with Crippen LogP contribution in [0.2, 0.25) is 0 Å². The molecular formula is C14H22N2O. The number of rotatable bonds is 5. The lowest BCUT2D eigenvalue weighted by Crippen LogP contribution is -2.35. The summed E-state index contributed by atoms with van der Waals surface area (Å²) in [6.07, 6.45) is 3.80. The maximum Gasteiger partial charge on any atom is 0.0681 e. The molecule has 1 aliphatic rings. The van der Waals surface area contributed by atoms with Crippen LogP contribution in [0.4, 0.5) is 0 Å². The van der Waals surface area contributed by atoms with Crippen LogP contribution in [-0.2, 0) is 13.2 Å². The minimum Gasteiger partial charge on any atom is -0.392 e. The lowest BCUT2D eigenvalue weighted by atomic mass is 10.0. The molecule has 0 spiro atoms. The Morgan fingerprint density at radius 2 is 1.88 bits per heavy atom. The molecule has 0 radical (unpaired) electrons. The number of benzene rings is 1. The lowest BCUT2D eigenvalue weighted by Gasteiger charge is -2.19. The molecule has 0 aliphatic heterocycles. The summed E-state index contributed by atoms with van der Waals surface area (Å²) in [5, 5.41) is 12.6. The van der Waals surface area contributed by atoms with Gasteiger partial charge in [-0.05, 0) is 36.4 Å². The van der Waals surface area contributed by atoms with E-state index in [1.807, 2.05) is 12.1 Å². The van der Waals surface area contributed by atoms with Gasteiger partial charge in [0, 0.05) is 12.6 Å². The van der Waals surface area contributed by atoms with E-state index in [4.69, 9.17) is 10.8 Å². The van der Waals surface area contributed by atoms with Gasteiger partial charge in [-0.2, -0.15) is 0 Å². The van der Waals surface area contributed by atoms with Crippen LogP contribution in [0.25, 0.3) is 0 Å². The number of nitrogens with two attached hydrogens (primary N) is 1. The predicted molar refractivity (Wildman–Crippen MR) is 69.4 cm³/mol. The zero-order valence-corrected chi connectivity index (χ0v) is 10.2. The van der Waals surface area contributed by atoms with Gasteiger partial charge in [0.25, 0.3) is 0 Å². The molecule has 17 heavy (non-hydrogen) atoms. The Morgan fingerprint density at radius 1 is 1.18 bits per heavy atom. The molecule has 1 saturated carbocycles. The molecule has 2 unspecified atom stereocenters. The summed E-state index contributed by atoms with van der Waals surface area (Å²) in [6.45, 7) is 1.81. The van der Waals surface area contributed by atoms with Crippen LogP contribution < -0.4 is 11.1 Å². The van der Waals surface area contributed by atoms with Crippen LogP contribution in [0.5, 0.6) is 0 Å². The maximum absolute atomic E-state index is 8.97. The Balaban J connectivity index is 1.84. The predicted octanol–water partition coefficient (Wildman–Crippen LogP) is 1.40. The highest BCUT2D eigenvalue weighted by Gasteiger charge is 2.25. The monoisotopic (exact) mass is 234 g/mol. The second-order valence-electron chi connectivity index (χ2n) is 4.89. The first-order valence-electron chi connectivity index (χ1n) is 6.45. The molecule has 1 aromatic carbocycles. The van der Waals surface area contributed by atoms with Crippen LogP contribution >= 0.6 is 0 Å². The molecule has 2 atom stereocenters. The van der Waals surface area contributed by atoms with E-state index in [9.17, 15) is 0 Å². The number of aliphatic hydroxyl groups is 1. The molecule has 3 nitrogen and oxygen atoms in total. The van der Waals surface area contributed by atoms with Gasteiger partial charge in [-0.1, -0.05) is 30.7 Å². The molecule has 0 saturated heterocycles. The molecule has 0 amide bonds. The first kappa shape index (κ1) is 12.6. The summed E-state index contributed by atoms with van der Waals surface area (Å²) < 4.78 is 0. The third kappa shape index (κ3) is 3.28. The summed E-state index contributed by atoms with van der Waals surface area (Å²) in [7, 11) is 0. The maximum atomic E-state index is 8.97. The Kier molecular flexibility index (Phi) is 4.54. The summed E-state index contributed by atoms with van der Waals surface area (Å²) >= 11 is 0. The summed E-state index contributed by atoms with van der Waals surface area (Å²) in [6, 6.07) is 8.69. The second kappa shape index (κ2) is 6.15. The summed E-state index contributed by atoms with van der Waals surface area (Å²) in [5.41, 5.74) is 8.00. The first-order valence-corrected chi connectivity index (χ1v) is 6.45. The van der Waals surface area contributed by atoms with Crippen molar-refractivity contribution in [3.63, 3.8) is 0 Å². The fourth-order valence-corrected chi connectivity index (χ4v) is 2.60. The largest absolute Gasteiger partial charge is 0.392 e. The van der Waals surface area contributed by atoms with Gasteiger partial charge in [0.15, 0.2) is 0 Å². The molecule has 1 aromatic rings. The average molecular weight is 234 g/mol. The van der Waals surface area contributed by atoms with Crippen LogP contribution in [0.1, 0.15) is 30.4 Å². The number of hydrogen-bond donors (Lipinski definition) is 3.